The van der Waals surface area contributed by atoms with Crippen LogP contribution in [0.5, 0.6) is 0 Å². The van der Waals surface area contributed by atoms with Gasteiger partial charge >= 0.3 is 0 Å². The zero-order chi connectivity index (χ0) is 38.2. The molecule has 282 valence electrons. The van der Waals surface area contributed by atoms with E-state index in [1.165, 1.54) is 43.4 Å². The molecular weight excluding hydrogens is 856 g/mol. The van der Waals surface area contributed by atoms with E-state index in [0.717, 1.165) is 76.6 Å². The van der Waals surface area contributed by atoms with Gasteiger partial charge < -0.3 is 20.6 Å². The van der Waals surface area contributed by atoms with Crippen LogP contribution in [-0.4, -0.2) is 49.1 Å². The highest BCUT2D eigenvalue weighted by Crippen LogP contribution is 2.34. The molecule has 0 radical (unpaired) electrons. The molecule has 0 amide bonds. The highest BCUT2D eigenvalue weighted by molar-refractivity contribution is 9.11. The molecule has 56 heavy (non-hydrogen) atoms. The van der Waals surface area contributed by atoms with Crippen molar-refractivity contribution in [2.45, 2.75) is 58.0 Å². The zero-order valence-corrected chi connectivity index (χ0v) is 34.3. The van der Waals surface area contributed by atoms with Crippen LogP contribution in [0.3, 0.4) is 0 Å². The van der Waals surface area contributed by atoms with Crippen LogP contribution in [0.25, 0.3) is 44.6 Å². The van der Waals surface area contributed by atoms with Crippen molar-refractivity contribution in [3.63, 3.8) is 0 Å². The molecule has 1 saturated carbocycles. The SMILES string of the molecule is Cc1nc2ccc(CNc3cc(C4CCCCC4)nc4c(Br)cnn34)cc2[nH]1.Clc1ccccc1-c1cc(NCc2ccc3nc[nH]c3c2)n2ncc(Br)c2n1. The molecule has 10 rings (SSSR count). The Bertz CT molecular complexity index is 2830. The number of rotatable bonds is 8. The minimum Gasteiger partial charge on any atom is -0.366 e. The van der Waals surface area contributed by atoms with Gasteiger partial charge in [0, 0.05) is 47.4 Å². The highest BCUT2D eigenvalue weighted by atomic mass is 79.9. The van der Waals surface area contributed by atoms with Crippen LogP contribution in [0.15, 0.2) is 100 Å². The number of imidazole rings is 2. The van der Waals surface area contributed by atoms with Crippen molar-refractivity contribution in [2.24, 2.45) is 0 Å². The maximum atomic E-state index is 6.39. The number of H-pyrrole nitrogens is 2. The fraction of sp³-hybridized carbons (Fsp3) is 0.220. The van der Waals surface area contributed by atoms with E-state index < -0.39 is 0 Å². The predicted octanol–water partition coefficient (Wildman–Crippen LogP) is 10.6. The van der Waals surface area contributed by atoms with Gasteiger partial charge in [-0.05, 0) is 93.1 Å². The molecule has 12 nitrogen and oxygen atoms in total. The summed E-state index contributed by atoms with van der Waals surface area (Å²) >= 11 is 13.5. The predicted molar refractivity (Wildman–Crippen MR) is 229 cm³/mol. The second-order valence-electron chi connectivity index (χ2n) is 14.0. The lowest BCUT2D eigenvalue weighted by molar-refractivity contribution is 0.437. The summed E-state index contributed by atoms with van der Waals surface area (Å²) in [6.45, 7) is 3.33. The van der Waals surface area contributed by atoms with Gasteiger partial charge in [-0.25, -0.2) is 19.9 Å². The molecule has 0 saturated heterocycles. The molecule has 6 aromatic heterocycles. The second-order valence-corrected chi connectivity index (χ2v) is 16.1. The maximum Gasteiger partial charge on any atom is 0.172 e. The van der Waals surface area contributed by atoms with Gasteiger partial charge in [0.25, 0.3) is 0 Å². The van der Waals surface area contributed by atoms with Gasteiger partial charge in [0.15, 0.2) is 11.3 Å². The maximum absolute atomic E-state index is 6.39. The first-order valence-electron chi connectivity index (χ1n) is 18.5. The summed E-state index contributed by atoms with van der Waals surface area (Å²) in [5, 5.41) is 16.6. The van der Waals surface area contributed by atoms with Crippen molar-refractivity contribution in [1.82, 2.24) is 49.1 Å². The number of aromatic amines is 2. The zero-order valence-electron chi connectivity index (χ0n) is 30.4. The van der Waals surface area contributed by atoms with Gasteiger partial charge in [-0.15, -0.1) is 0 Å². The summed E-state index contributed by atoms with van der Waals surface area (Å²) in [6, 6.07) is 24.3. The van der Waals surface area contributed by atoms with Crippen LogP contribution in [0.1, 0.15) is 60.7 Å². The Morgan fingerprint density at radius 2 is 1.41 bits per heavy atom. The fourth-order valence-corrected chi connectivity index (χ4v) is 8.26. The molecule has 0 aliphatic heterocycles. The number of nitrogens with one attached hydrogen (secondary N) is 4. The molecule has 6 heterocycles. The third-order valence-electron chi connectivity index (χ3n) is 10.1. The molecule has 1 fully saturated rings. The van der Waals surface area contributed by atoms with Gasteiger partial charge in [-0.1, -0.05) is 61.2 Å². The molecule has 9 aromatic rings. The molecule has 0 spiro atoms. The van der Waals surface area contributed by atoms with Crippen LogP contribution < -0.4 is 10.6 Å². The number of fused-ring (bicyclic) bond motifs is 4. The van der Waals surface area contributed by atoms with E-state index in [1.807, 2.05) is 54.0 Å². The topological polar surface area (TPSA) is 142 Å². The third kappa shape index (κ3) is 7.48. The smallest absolute Gasteiger partial charge is 0.172 e. The Morgan fingerprint density at radius 1 is 0.750 bits per heavy atom. The van der Waals surface area contributed by atoms with E-state index >= 15 is 0 Å². The Labute approximate surface area is 343 Å². The van der Waals surface area contributed by atoms with E-state index in [2.05, 4.69) is 109 Å². The van der Waals surface area contributed by atoms with E-state index in [9.17, 15) is 0 Å². The number of aryl methyl sites for hydroxylation is 1. The monoisotopic (exact) mass is 890 g/mol. The Morgan fingerprint density at radius 3 is 2.14 bits per heavy atom. The van der Waals surface area contributed by atoms with Crippen molar-refractivity contribution in [3.8, 4) is 11.3 Å². The number of hydrogen-bond acceptors (Lipinski definition) is 8. The van der Waals surface area contributed by atoms with Crippen molar-refractivity contribution in [3.05, 3.63) is 128 Å². The number of hydrogen-bond donors (Lipinski definition) is 4. The van der Waals surface area contributed by atoms with Gasteiger partial charge in [0.1, 0.15) is 17.5 Å². The van der Waals surface area contributed by atoms with Crippen molar-refractivity contribution < 1.29 is 0 Å². The van der Waals surface area contributed by atoms with Crippen molar-refractivity contribution in [1.29, 1.82) is 0 Å². The number of halogens is 3. The minimum atomic E-state index is 0.547. The van der Waals surface area contributed by atoms with E-state index in [-0.39, 0.29) is 0 Å². The summed E-state index contributed by atoms with van der Waals surface area (Å²) in [4.78, 5) is 24.8. The van der Waals surface area contributed by atoms with Gasteiger partial charge in [-0.3, -0.25) is 0 Å². The number of anilines is 2. The van der Waals surface area contributed by atoms with E-state index in [4.69, 9.17) is 21.6 Å². The number of benzene rings is 3. The average Bonchev–Trinajstić information content (AvgIpc) is 4.02. The first-order chi connectivity index (χ1) is 27.4. The Kier molecular flexibility index (Phi) is 10.2. The summed E-state index contributed by atoms with van der Waals surface area (Å²) in [7, 11) is 0. The van der Waals surface area contributed by atoms with Gasteiger partial charge in [0.2, 0.25) is 0 Å². The normalized spacial score (nSPS) is 13.4. The van der Waals surface area contributed by atoms with Crippen LogP contribution in [0, 0.1) is 6.92 Å². The molecule has 4 N–H and O–H groups in total. The first-order valence-corrected chi connectivity index (χ1v) is 20.5. The van der Waals surface area contributed by atoms with Crippen LogP contribution >= 0.6 is 43.5 Å². The minimum absolute atomic E-state index is 0.547. The molecular formula is C41H37Br2ClN12. The van der Waals surface area contributed by atoms with Crippen molar-refractivity contribution >= 4 is 88.5 Å². The molecule has 1 aliphatic rings. The molecule has 0 unspecified atom stereocenters. The number of nitrogens with zero attached hydrogens (tertiary/aromatic N) is 8. The summed E-state index contributed by atoms with van der Waals surface area (Å²) in [5.41, 5.74) is 10.8. The van der Waals surface area contributed by atoms with E-state index in [0.29, 0.717) is 24.0 Å². The summed E-state index contributed by atoms with van der Waals surface area (Å²) in [5.74, 6) is 3.30. The molecule has 3 aromatic carbocycles. The molecule has 0 atom stereocenters. The first kappa shape index (κ1) is 36.3. The lowest BCUT2D eigenvalue weighted by Gasteiger charge is -2.22. The lowest BCUT2D eigenvalue weighted by atomic mass is 9.87. The van der Waals surface area contributed by atoms with Crippen LogP contribution in [0.4, 0.5) is 11.6 Å². The van der Waals surface area contributed by atoms with Gasteiger partial charge in [-0.2, -0.15) is 19.2 Å². The fourth-order valence-electron chi connectivity index (χ4n) is 7.33. The Hall–Kier alpha value is -5.31. The largest absolute Gasteiger partial charge is 0.366 e. The second kappa shape index (κ2) is 15.7. The van der Waals surface area contributed by atoms with Crippen molar-refractivity contribution in [2.75, 3.05) is 10.6 Å². The summed E-state index contributed by atoms with van der Waals surface area (Å²) in [6.07, 6.45) is 11.6. The highest BCUT2D eigenvalue weighted by Gasteiger charge is 2.20. The third-order valence-corrected chi connectivity index (χ3v) is 11.6. The standard InChI is InChI=1S/C21H23BrN6.C20H14BrClN6/c1-13-25-17-8-7-14(9-19(17)26-13)11-23-20-10-18(15-5-3-2-4-6-15)27-21-16(22)12-24-28(20)21;21-14-10-26-28-19(23-9-12-5-6-16-18(7-12)25-11-24-16)8-17(27-20(14)28)13-3-1-2-4-15(13)22/h7-10,12,15,23H,2-6,11H2,1H3,(H,25,26);1-8,10-11,23H,9H2,(H,24,25). The average molecular weight is 893 g/mol. The molecule has 1 aliphatic carbocycles. The number of aromatic nitrogens is 10. The van der Waals surface area contributed by atoms with Gasteiger partial charge in [0.05, 0.1) is 55.4 Å². The van der Waals surface area contributed by atoms with Crippen LogP contribution in [-0.2, 0) is 13.1 Å². The quantitative estimate of drug-likeness (QED) is 0.118. The van der Waals surface area contributed by atoms with E-state index in [1.54, 1.807) is 17.0 Å². The molecule has 0 bridgehead atoms. The molecule has 15 heteroatoms. The van der Waals surface area contributed by atoms with Crippen LogP contribution in [0.2, 0.25) is 5.02 Å². The Balaban J connectivity index is 0.000000146. The summed E-state index contributed by atoms with van der Waals surface area (Å²) < 4.78 is 5.42. The lowest BCUT2D eigenvalue weighted by Crippen LogP contribution is -2.11.